The van der Waals surface area contributed by atoms with Crippen molar-refractivity contribution in [1.82, 2.24) is 9.91 Å². The molecule has 16 heteroatoms. The SMILES string of the molecule is CO[C@H]1/C=C/O[C@]2(C)Oc3c(C)c(O)c4c(O)c(c(/C=N/N5CCN(C)CC5)c(O)c4c3C2=O)NC(=O)/C(C)=C\C=C\[C@H](C)[C@H](O)[C@H](C)[C@@H](O)[C@@H](C)[C@H](OC(C)=O)[C@@H]1C. The maximum atomic E-state index is 14.4. The van der Waals surface area contributed by atoms with Crippen LogP contribution in [-0.2, 0) is 23.8 Å². The van der Waals surface area contributed by atoms with Crippen molar-refractivity contribution in [3.8, 4) is 23.0 Å². The van der Waals surface area contributed by atoms with Gasteiger partial charge in [0.25, 0.3) is 11.7 Å². The number of likely N-dealkylation sites (N-methyl/N-ethyl adjacent to an activating group) is 1. The lowest BCUT2D eigenvalue weighted by Crippen LogP contribution is -2.46. The zero-order chi connectivity index (χ0) is 43.7. The van der Waals surface area contributed by atoms with Gasteiger partial charge in [0.1, 0.15) is 23.4 Å². The number of carbonyl (C=O) groups is 3. The van der Waals surface area contributed by atoms with Gasteiger partial charge in [-0.05, 0) is 27.0 Å². The Hall–Kier alpha value is -5.16. The Morgan fingerprint density at radius 3 is 2.24 bits per heavy atom. The van der Waals surface area contributed by atoms with Crippen molar-refractivity contribution in [1.29, 1.82) is 0 Å². The van der Waals surface area contributed by atoms with Crippen molar-refractivity contribution in [2.24, 2.45) is 28.8 Å². The van der Waals surface area contributed by atoms with Crippen LogP contribution in [0.2, 0.25) is 0 Å². The fourth-order valence-electron chi connectivity index (χ4n) is 7.92. The summed E-state index contributed by atoms with van der Waals surface area (Å²) >= 11 is 0. The Kier molecular flexibility index (Phi) is 13.7. The van der Waals surface area contributed by atoms with E-state index in [-0.39, 0.29) is 44.5 Å². The number of aliphatic hydroxyl groups is 2. The number of nitrogens with one attached hydrogen (secondary N) is 1. The van der Waals surface area contributed by atoms with E-state index in [0.29, 0.717) is 13.1 Å². The zero-order valence-electron chi connectivity index (χ0n) is 35.3. The number of phenolic OH excluding ortho intramolecular Hbond substituents is 3. The molecule has 322 valence electrons. The first-order valence-corrected chi connectivity index (χ1v) is 19.8. The van der Waals surface area contributed by atoms with Crippen LogP contribution in [0.5, 0.6) is 23.0 Å². The van der Waals surface area contributed by atoms with E-state index in [1.54, 1.807) is 44.9 Å². The first-order chi connectivity index (χ1) is 27.7. The number of aliphatic hydroxyl groups excluding tert-OH is 2. The standard InChI is InChI=1S/C43H58N4O12/c1-21-12-11-13-22(2)42(55)45-33-28(20-44-47-17-15-46(9)16-18-47)37(52)30-31(38(33)53)36(51)26(6)40-32(30)41(54)43(8,59-40)57-19-14-29(56-10)23(3)39(58-27(7)48)25(5)35(50)24(4)34(21)49/h11-14,19-21,23-25,29,34-35,39,49-53H,15-18H2,1-10H3,(H,45,55)/b12-11+,19-14+,22-13-,44-20+/t21-,23+,24-,25+,29-,34-,35+,39+,43+/m0/s1. The van der Waals surface area contributed by atoms with E-state index in [4.69, 9.17) is 18.9 Å². The highest BCUT2D eigenvalue weighted by Crippen LogP contribution is 2.55. The van der Waals surface area contributed by atoms with Crippen molar-refractivity contribution < 1.29 is 58.9 Å². The molecule has 1 amide bonds. The lowest BCUT2D eigenvalue weighted by atomic mass is 9.78. The minimum atomic E-state index is -2.04. The number of piperazine rings is 1. The molecule has 6 rings (SSSR count). The number of anilines is 1. The number of esters is 1. The molecule has 0 aliphatic carbocycles. The Labute approximate surface area is 344 Å². The van der Waals surface area contributed by atoms with E-state index in [0.717, 1.165) is 13.1 Å². The average Bonchev–Trinajstić information content (AvgIpc) is 3.46. The number of ketones is 1. The Balaban J connectivity index is 1.70. The fourth-order valence-corrected chi connectivity index (χ4v) is 7.92. The lowest BCUT2D eigenvalue weighted by molar-refractivity contribution is -0.160. The van der Waals surface area contributed by atoms with Gasteiger partial charge in [-0.25, -0.2) is 0 Å². The minimum Gasteiger partial charge on any atom is -0.507 e. The molecule has 5 bridgehead atoms. The predicted octanol–water partition coefficient (Wildman–Crippen LogP) is 4.34. The number of hydrogen-bond acceptors (Lipinski definition) is 15. The molecule has 2 aromatic carbocycles. The van der Waals surface area contributed by atoms with E-state index in [9.17, 15) is 39.9 Å². The van der Waals surface area contributed by atoms with Gasteiger partial charge in [0.2, 0.25) is 0 Å². The molecular formula is C43H58N4O12. The number of hydrogen-bond donors (Lipinski definition) is 6. The number of rotatable bonds is 4. The molecule has 0 aromatic heterocycles. The van der Waals surface area contributed by atoms with Crippen LogP contribution in [0.3, 0.4) is 0 Å². The molecular weight excluding hydrogens is 764 g/mol. The molecule has 0 spiro atoms. The molecule has 0 radical (unpaired) electrons. The number of phenols is 3. The topological polar surface area (TPSA) is 220 Å². The number of nitrogens with zero attached hydrogens (tertiary/aromatic N) is 3. The molecule has 1 saturated heterocycles. The fraction of sp³-hybridized carbons (Fsp3) is 0.535. The highest BCUT2D eigenvalue weighted by atomic mass is 16.7. The number of carbonyl (C=O) groups excluding carboxylic acids is 3. The molecule has 59 heavy (non-hydrogen) atoms. The monoisotopic (exact) mass is 822 g/mol. The molecule has 4 heterocycles. The van der Waals surface area contributed by atoms with Gasteiger partial charge < -0.3 is 54.7 Å². The molecule has 4 aliphatic rings. The van der Waals surface area contributed by atoms with Crippen molar-refractivity contribution in [3.63, 3.8) is 0 Å². The van der Waals surface area contributed by atoms with Crippen LogP contribution in [0.25, 0.3) is 10.8 Å². The smallest absolute Gasteiger partial charge is 0.312 e. The minimum absolute atomic E-state index is 0.0559. The maximum Gasteiger partial charge on any atom is 0.312 e. The number of fused-ring (bicyclic) bond motifs is 14. The second-order valence-corrected chi connectivity index (χ2v) is 16.1. The molecule has 0 unspecified atom stereocenters. The summed E-state index contributed by atoms with van der Waals surface area (Å²) in [6.07, 6.45) is 4.86. The van der Waals surface area contributed by atoms with Crippen molar-refractivity contribution in [2.45, 2.75) is 85.6 Å². The number of allylic oxidation sites excluding steroid dienone is 2. The summed E-state index contributed by atoms with van der Waals surface area (Å²) in [5.74, 6) is -8.34. The zero-order valence-corrected chi connectivity index (χ0v) is 35.3. The summed E-state index contributed by atoms with van der Waals surface area (Å²) in [4.78, 5) is 42.6. The van der Waals surface area contributed by atoms with Gasteiger partial charge in [-0.2, -0.15) is 5.10 Å². The number of ether oxygens (including phenoxy) is 4. The molecule has 4 aliphatic heterocycles. The molecule has 9 atom stereocenters. The van der Waals surface area contributed by atoms with E-state index >= 15 is 0 Å². The lowest BCUT2D eigenvalue weighted by Gasteiger charge is -2.38. The summed E-state index contributed by atoms with van der Waals surface area (Å²) in [6.45, 7) is 15.1. The number of hydrazone groups is 1. The van der Waals surface area contributed by atoms with E-state index < -0.39 is 88.8 Å². The number of aromatic hydroxyl groups is 3. The van der Waals surface area contributed by atoms with Crippen LogP contribution in [0.1, 0.15) is 70.0 Å². The highest BCUT2D eigenvalue weighted by Gasteiger charge is 2.50. The Bertz CT molecular complexity index is 2070. The van der Waals surface area contributed by atoms with Crippen LogP contribution in [0.4, 0.5) is 5.69 Å². The van der Waals surface area contributed by atoms with Gasteiger partial charge in [-0.3, -0.25) is 19.4 Å². The summed E-state index contributed by atoms with van der Waals surface area (Å²) in [7, 11) is 3.42. The normalized spacial score (nSPS) is 32.1. The summed E-state index contributed by atoms with van der Waals surface area (Å²) in [5.41, 5.74) is -0.350. The molecule has 16 nitrogen and oxygen atoms in total. The second-order valence-electron chi connectivity index (χ2n) is 16.1. The van der Waals surface area contributed by atoms with Crippen LogP contribution < -0.4 is 10.1 Å². The van der Waals surface area contributed by atoms with Crippen LogP contribution in [0.15, 0.2) is 41.2 Å². The average molecular weight is 823 g/mol. The Morgan fingerprint density at radius 2 is 1.61 bits per heavy atom. The van der Waals surface area contributed by atoms with E-state index in [2.05, 4.69) is 15.3 Å². The first kappa shape index (κ1) is 44.9. The van der Waals surface area contributed by atoms with Gasteiger partial charge in [0, 0.05) is 87.3 Å². The Morgan fingerprint density at radius 1 is 0.949 bits per heavy atom. The van der Waals surface area contributed by atoms with Crippen molar-refractivity contribution in [3.05, 3.63) is 52.8 Å². The van der Waals surface area contributed by atoms with Crippen LogP contribution in [-0.4, -0.2) is 130 Å². The summed E-state index contributed by atoms with van der Waals surface area (Å²) in [5, 5.41) is 66.8. The summed E-state index contributed by atoms with van der Waals surface area (Å²) in [6, 6.07) is 0. The second kappa shape index (κ2) is 18.0. The van der Waals surface area contributed by atoms with Gasteiger partial charge >= 0.3 is 11.8 Å². The molecule has 0 saturated carbocycles. The number of benzene rings is 2. The largest absolute Gasteiger partial charge is 0.507 e. The van der Waals surface area contributed by atoms with Crippen LogP contribution in [0, 0.1) is 30.6 Å². The maximum absolute atomic E-state index is 14.4. The predicted molar refractivity (Wildman–Crippen MR) is 220 cm³/mol. The molecule has 2 aromatic rings. The first-order valence-electron chi connectivity index (χ1n) is 19.8. The number of methoxy groups -OCH3 is 1. The van der Waals surface area contributed by atoms with Gasteiger partial charge in [0.05, 0.1) is 53.0 Å². The van der Waals surface area contributed by atoms with E-state index in [1.807, 2.05) is 7.05 Å². The van der Waals surface area contributed by atoms with Gasteiger partial charge in [-0.15, -0.1) is 0 Å². The van der Waals surface area contributed by atoms with Crippen molar-refractivity contribution in [2.75, 3.05) is 45.7 Å². The van der Waals surface area contributed by atoms with E-state index in [1.165, 1.54) is 59.4 Å². The molecule has 6 N–H and O–H groups in total. The third-order valence-corrected chi connectivity index (χ3v) is 11.9. The summed E-state index contributed by atoms with van der Waals surface area (Å²) < 4.78 is 23.6. The van der Waals surface area contributed by atoms with Crippen LogP contribution >= 0.6 is 0 Å². The van der Waals surface area contributed by atoms with Gasteiger partial charge in [0.15, 0.2) is 5.75 Å². The number of amides is 1. The van der Waals surface area contributed by atoms with Crippen molar-refractivity contribution >= 4 is 40.3 Å². The highest BCUT2D eigenvalue weighted by molar-refractivity contribution is 6.23. The number of Topliss-reactive ketones (excluding diaryl/α,β-unsaturated/α-hetero) is 1. The quantitative estimate of drug-likeness (QED) is 0.109. The van der Waals surface area contributed by atoms with Gasteiger partial charge in [-0.1, -0.05) is 45.9 Å². The molecule has 1 fully saturated rings. The third-order valence-electron chi connectivity index (χ3n) is 11.9. The third kappa shape index (κ3) is 8.91.